The topological polar surface area (TPSA) is 24.3 Å². The summed E-state index contributed by atoms with van der Waals surface area (Å²) in [6, 6.07) is 14.3. The van der Waals surface area contributed by atoms with Crippen molar-refractivity contribution >= 4 is 17.3 Å². The number of hydrogen-bond acceptors (Lipinski definition) is 3. The largest absolute Gasteiger partial charge is 0.367 e. The number of nitrogens with zero attached hydrogens (tertiary/aromatic N) is 4. The molecule has 3 aromatic rings. The second kappa shape index (κ2) is 8.56. The summed E-state index contributed by atoms with van der Waals surface area (Å²) in [6.07, 6.45) is 4.80. The van der Waals surface area contributed by atoms with Crippen molar-refractivity contribution in [3.63, 3.8) is 0 Å². The van der Waals surface area contributed by atoms with E-state index < -0.39 is 0 Å². The molecule has 0 bridgehead atoms. The van der Waals surface area contributed by atoms with E-state index in [2.05, 4.69) is 27.6 Å². The molecule has 1 aromatic heterocycles. The van der Waals surface area contributed by atoms with Crippen LogP contribution in [0.25, 0.3) is 5.69 Å². The van der Waals surface area contributed by atoms with Gasteiger partial charge in [0.05, 0.1) is 12.2 Å². The first-order chi connectivity index (χ1) is 14.0. The van der Waals surface area contributed by atoms with Crippen LogP contribution in [0.2, 0.25) is 5.02 Å². The predicted octanol–water partition coefficient (Wildman–Crippen LogP) is 5.14. The SMILES string of the molecule is CN(Cc1cn(-c2ccc(Cl)cc2)c(CN(C)c2ccc(F)cc2)n1)CC1CC1. The number of aromatic nitrogens is 2. The van der Waals surface area contributed by atoms with Gasteiger partial charge < -0.3 is 14.4 Å². The summed E-state index contributed by atoms with van der Waals surface area (Å²) in [5, 5.41) is 0.711. The molecule has 1 aliphatic carbocycles. The first-order valence-electron chi connectivity index (χ1n) is 9.96. The van der Waals surface area contributed by atoms with E-state index in [1.807, 2.05) is 31.3 Å². The van der Waals surface area contributed by atoms with Crippen LogP contribution in [-0.2, 0) is 13.1 Å². The van der Waals surface area contributed by atoms with E-state index in [-0.39, 0.29) is 5.82 Å². The smallest absolute Gasteiger partial charge is 0.133 e. The first-order valence-corrected chi connectivity index (χ1v) is 10.3. The van der Waals surface area contributed by atoms with Crippen molar-refractivity contribution < 1.29 is 4.39 Å². The molecule has 0 radical (unpaired) electrons. The zero-order valence-electron chi connectivity index (χ0n) is 16.9. The van der Waals surface area contributed by atoms with E-state index >= 15 is 0 Å². The minimum absolute atomic E-state index is 0.231. The Bertz CT molecular complexity index is 948. The van der Waals surface area contributed by atoms with Gasteiger partial charge in [0.2, 0.25) is 0 Å². The molecule has 2 aromatic carbocycles. The lowest BCUT2D eigenvalue weighted by molar-refractivity contribution is 0.309. The number of anilines is 1. The van der Waals surface area contributed by atoms with Gasteiger partial charge in [-0.3, -0.25) is 0 Å². The standard InChI is InChI=1S/C23H26ClFN4/c1-27(13-17-3-4-17)14-20-15-29(22-9-5-18(24)6-10-22)23(26-20)16-28(2)21-11-7-19(25)8-12-21/h5-12,15,17H,3-4,13-14,16H2,1-2H3. The van der Waals surface area contributed by atoms with Gasteiger partial charge in [-0.25, -0.2) is 9.37 Å². The minimum atomic E-state index is -0.231. The molecule has 152 valence electrons. The van der Waals surface area contributed by atoms with Crippen LogP contribution in [-0.4, -0.2) is 35.1 Å². The molecule has 0 N–H and O–H groups in total. The van der Waals surface area contributed by atoms with Crippen molar-refractivity contribution in [3.8, 4) is 5.69 Å². The Balaban J connectivity index is 1.58. The molecule has 0 aliphatic heterocycles. The Hall–Kier alpha value is -2.37. The molecule has 1 heterocycles. The molecule has 0 atom stereocenters. The summed E-state index contributed by atoms with van der Waals surface area (Å²) < 4.78 is 15.4. The number of halogens is 2. The average Bonchev–Trinajstić information content (AvgIpc) is 3.42. The maximum absolute atomic E-state index is 13.3. The van der Waals surface area contributed by atoms with Gasteiger partial charge in [-0.2, -0.15) is 0 Å². The van der Waals surface area contributed by atoms with Crippen LogP contribution in [0.5, 0.6) is 0 Å². The summed E-state index contributed by atoms with van der Waals surface area (Å²) >= 11 is 6.07. The van der Waals surface area contributed by atoms with Crippen LogP contribution in [0.3, 0.4) is 0 Å². The van der Waals surface area contributed by atoms with E-state index in [0.717, 1.165) is 41.9 Å². The van der Waals surface area contributed by atoms with Crippen LogP contribution in [0.1, 0.15) is 24.4 Å². The third-order valence-electron chi connectivity index (χ3n) is 5.28. The highest BCUT2D eigenvalue weighted by Gasteiger charge is 2.23. The fourth-order valence-corrected chi connectivity index (χ4v) is 3.69. The van der Waals surface area contributed by atoms with Crippen molar-refractivity contribution in [2.45, 2.75) is 25.9 Å². The fourth-order valence-electron chi connectivity index (χ4n) is 3.57. The number of benzene rings is 2. The van der Waals surface area contributed by atoms with Gasteiger partial charge in [-0.1, -0.05) is 11.6 Å². The lowest BCUT2D eigenvalue weighted by atomic mass is 10.3. The molecule has 1 saturated carbocycles. The van der Waals surface area contributed by atoms with Crippen LogP contribution < -0.4 is 4.90 Å². The molecule has 1 aliphatic rings. The summed E-state index contributed by atoms with van der Waals surface area (Å²) in [6.45, 7) is 2.56. The number of hydrogen-bond donors (Lipinski definition) is 0. The Morgan fingerprint density at radius 2 is 1.72 bits per heavy atom. The lowest BCUT2D eigenvalue weighted by Gasteiger charge is -2.19. The highest BCUT2D eigenvalue weighted by atomic mass is 35.5. The Kier molecular flexibility index (Phi) is 5.88. The van der Waals surface area contributed by atoms with Gasteiger partial charge in [0, 0.05) is 42.7 Å². The molecular formula is C23H26ClFN4. The molecule has 0 unspecified atom stereocenters. The summed E-state index contributed by atoms with van der Waals surface area (Å²) in [4.78, 5) is 9.35. The molecule has 4 rings (SSSR count). The maximum Gasteiger partial charge on any atom is 0.133 e. The van der Waals surface area contributed by atoms with Gasteiger partial charge >= 0.3 is 0 Å². The van der Waals surface area contributed by atoms with Crippen LogP contribution in [0.15, 0.2) is 54.7 Å². The quantitative estimate of drug-likeness (QED) is 0.511. The fraction of sp³-hybridized carbons (Fsp3) is 0.348. The van der Waals surface area contributed by atoms with Crippen molar-refractivity contribution in [3.05, 3.63) is 77.1 Å². The minimum Gasteiger partial charge on any atom is -0.367 e. The summed E-state index contributed by atoms with van der Waals surface area (Å²) in [5.41, 5.74) is 3.02. The average molecular weight is 413 g/mol. The van der Waals surface area contributed by atoms with E-state index in [1.54, 1.807) is 12.1 Å². The van der Waals surface area contributed by atoms with Crippen molar-refractivity contribution in [1.29, 1.82) is 0 Å². The molecule has 4 nitrogen and oxygen atoms in total. The van der Waals surface area contributed by atoms with E-state index in [0.29, 0.717) is 11.6 Å². The van der Waals surface area contributed by atoms with E-state index in [9.17, 15) is 4.39 Å². The monoisotopic (exact) mass is 412 g/mol. The van der Waals surface area contributed by atoms with Crippen LogP contribution >= 0.6 is 11.6 Å². The van der Waals surface area contributed by atoms with Crippen molar-refractivity contribution in [2.75, 3.05) is 25.5 Å². The molecule has 0 spiro atoms. The Morgan fingerprint density at radius 1 is 1.03 bits per heavy atom. The normalized spacial score (nSPS) is 13.8. The molecule has 0 saturated heterocycles. The Labute approximate surface area is 176 Å². The van der Waals surface area contributed by atoms with Gasteiger partial charge in [0.1, 0.15) is 11.6 Å². The third-order valence-corrected chi connectivity index (χ3v) is 5.53. The zero-order chi connectivity index (χ0) is 20.4. The lowest BCUT2D eigenvalue weighted by Crippen LogP contribution is -2.21. The third kappa shape index (κ3) is 5.17. The maximum atomic E-state index is 13.3. The highest BCUT2D eigenvalue weighted by Crippen LogP contribution is 2.29. The van der Waals surface area contributed by atoms with Gasteiger partial charge in [0.15, 0.2) is 0 Å². The predicted molar refractivity (Wildman–Crippen MR) is 116 cm³/mol. The van der Waals surface area contributed by atoms with Gasteiger partial charge in [-0.15, -0.1) is 0 Å². The van der Waals surface area contributed by atoms with E-state index in [4.69, 9.17) is 16.6 Å². The first kappa shape index (κ1) is 19.9. The Morgan fingerprint density at radius 3 is 2.38 bits per heavy atom. The van der Waals surface area contributed by atoms with Crippen LogP contribution in [0, 0.1) is 11.7 Å². The molecular weight excluding hydrogens is 387 g/mol. The second-order valence-corrected chi connectivity index (χ2v) is 8.40. The molecule has 6 heteroatoms. The van der Waals surface area contributed by atoms with Crippen LogP contribution in [0.4, 0.5) is 10.1 Å². The zero-order valence-corrected chi connectivity index (χ0v) is 17.6. The summed E-state index contributed by atoms with van der Waals surface area (Å²) in [5.74, 6) is 1.56. The number of imidazole rings is 1. The highest BCUT2D eigenvalue weighted by molar-refractivity contribution is 6.30. The summed E-state index contributed by atoms with van der Waals surface area (Å²) in [7, 11) is 4.15. The van der Waals surface area contributed by atoms with Crippen molar-refractivity contribution in [1.82, 2.24) is 14.5 Å². The number of rotatable bonds is 8. The molecule has 0 amide bonds. The van der Waals surface area contributed by atoms with Crippen molar-refractivity contribution in [2.24, 2.45) is 5.92 Å². The molecule has 1 fully saturated rings. The van der Waals surface area contributed by atoms with Gasteiger partial charge in [0.25, 0.3) is 0 Å². The molecule has 29 heavy (non-hydrogen) atoms. The van der Waals surface area contributed by atoms with Gasteiger partial charge in [-0.05, 0) is 74.3 Å². The van der Waals surface area contributed by atoms with E-state index in [1.165, 1.54) is 25.0 Å². The second-order valence-electron chi connectivity index (χ2n) is 7.97.